The van der Waals surface area contributed by atoms with E-state index in [4.69, 9.17) is 4.74 Å². The second-order valence-electron chi connectivity index (χ2n) is 8.87. The minimum absolute atomic E-state index is 0.0931. The van der Waals surface area contributed by atoms with Gasteiger partial charge in [0.05, 0.1) is 11.1 Å². The Morgan fingerprint density at radius 3 is 2.19 bits per heavy atom. The van der Waals surface area contributed by atoms with Crippen molar-refractivity contribution in [2.45, 2.75) is 50.6 Å². The molecule has 0 N–H and O–H groups in total. The predicted molar refractivity (Wildman–Crippen MR) is 114 cm³/mol. The Labute approximate surface area is 181 Å². The van der Waals surface area contributed by atoms with E-state index in [0.29, 0.717) is 17.4 Å². The third kappa shape index (κ3) is 5.03. The average Bonchev–Trinajstić information content (AvgIpc) is 2.78. The van der Waals surface area contributed by atoms with Crippen LogP contribution in [0.1, 0.15) is 65.9 Å². The van der Waals surface area contributed by atoms with Gasteiger partial charge < -0.3 is 4.74 Å². The molecule has 2 fully saturated rings. The molecule has 0 heterocycles. The van der Waals surface area contributed by atoms with Gasteiger partial charge in [0, 0.05) is 0 Å². The van der Waals surface area contributed by atoms with Crippen molar-refractivity contribution in [3.8, 4) is 5.75 Å². The van der Waals surface area contributed by atoms with Gasteiger partial charge in [-0.05, 0) is 104 Å². The quantitative estimate of drug-likeness (QED) is 0.288. The van der Waals surface area contributed by atoms with Gasteiger partial charge in [-0.15, -0.1) is 6.58 Å². The van der Waals surface area contributed by atoms with Crippen molar-refractivity contribution in [3.63, 3.8) is 0 Å². The van der Waals surface area contributed by atoms with E-state index in [-0.39, 0.29) is 5.75 Å². The van der Waals surface area contributed by atoms with Crippen LogP contribution in [0.2, 0.25) is 0 Å². The molecule has 0 amide bonds. The third-order valence-corrected chi connectivity index (χ3v) is 7.00. The van der Waals surface area contributed by atoms with Crippen LogP contribution in [0.3, 0.4) is 0 Å². The summed E-state index contributed by atoms with van der Waals surface area (Å²) < 4.78 is 43.2. The molecule has 0 bridgehead atoms. The Morgan fingerprint density at radius 2 is 1.55 bits per heavy atom. The number of esters is 1. The first kappa shape index (κ1) is 21.7. The van der Waals surface area contributed by atoms with E-state index in [9.17, 15) is 18.0 Å². The molecule has 0 radical (unpaired) electrons. The Balaban J connectivity index is 1.36. The Bertz CT molecular complexity index is 915. The van der Waals surface area contributed by atoms with Gasteiger partial charge >= 0.3 is 12.1 Å². The Hall–Kier alpha value is -2.56. The minimum Gasteiger partial charge on any atom is -0.423 e. The molecule has 5 heteroatoms. The molecular formula is C26H27F3O2. The molecule has 2 aliphatic rings. The summed E-state index contributed by atoms with van der Waals surface area (Å²) in [5.41, 5.74) is 0.864. The average molecular weight is 428 g/mol. The summed E-state index contributed by atoms with van der Waals surface area (Å²) >= 11 is 0. The summed E-state index contributed by atoms with van der Waals surface area (Å²) in [7, 11) is 0. The van der Waals surface area contributed by atoms with E-state index in [1.54, 1.807) is 12.1 Å². The summed E-state index contributed by atoms with van der Waals surface area (Å²) in [6.07, 6.45) is 5.10. The number of carbonyl (C=O) groups excluding carboxylic acids is 1. The molecule has 0 aromatic heterocycles. The maximum Gasteiger partial charge on any atom is 0.416 e. The molecule has 31 heavy (non-hydrogen) atoms. The lowest BCUT2D eigenvalue weighted by molar-refractivity contribution is -0.137. The second kappa shape index (κ2) is 8.89. The van der Waals surface area contributed by atoms with Gasteiger partial charge in [-0.1, -0.05) is 18.2 Å². The highest BCUT2D eigenvalue weighted by Crippen LogP contribution is 2.47. The van der Waals surface area contributed by atoms with Gasteiger partial charge in [0.25, 0.3) is 0 Å². The largest absolute Gasteiger partial charge is 0.423 e. The number of halogens is 3. The van der Waals surface area contributed by atoms with Gasteiger partial charge in [-0.25, -0.2) is 4.79 Å². The van der Waals surface area contributed by atoms with Crippen LogP contribution in [0.4, 0.5) is 13.2 Å². The highest BCUT2D eigenvalue weighted by molar-refractivity contribution is 5.91. The van der Waals surface area contributed by atoms with Crippen LogP contribution in [0.15, 0.2) is 61.2 Å². The SMILES string of the molecule is C=CC1CCC2CC(c3ccc(C(=O)Oc4ccc(C(F)(F)F)cc4)cc3)CCC2C1. The molecule has 4 rings (SSSR count). The van der Waals surface area contributed by atoms with Crippen LogP contribution < -0.4 is 4.74 Å². The van der Waals surface area contributed by atoms with Crippen LogP contribution in [-0.2, 0) is 6.18 Å². The molecule has 2 aromatic carbocycles. The first-order valence-corrected chi connectivity index (χ1v) is 11.0. The van der Waals surface area contributed by atoms with Crippen LogP contribution in [0.25, 0.3) is 0 Å². The van der Waals surface area contributed by atoms with Crippen molar-refractivity contribution in [2.75, 3.05) is 0 Å². The summed E-state index contributed by atoms with van der Waals surface area (Å²) in [5.74, 6) is 2.30. The lowest BCUT2D eigenvalue weighted by Gasteiger charge is -2.41. The van der Waals surface area contributed by atoms with E-state index in [2.05, 4.69) is 12.7 Å². The molecule has 0 saturated heterocycles. The number of carbonyl (C=O) groups is 1. The van der Waals surface area contributed by atoms with Gasteiger partial charge in [-0.2, -0.15) is 13.2 Å². The Kier molecular flexibility index (Phi) is 6.22. The van der Waals surface area contributed by atoms with Crippen LogP contribution in [0, 0.1) is 17.8 Å². The second-order valence-corrected chi connectivity index (χ2v) is 8.87. The number of ether oxygens (including phenoxy) is 1. The third-order valence-electron chi connectivity index (χ3n) is 7.00. The molecule has 2 saturated carbocycles. The van der Waals surface area contributed by atoms with Crippen molar-refractivity contribution in [3.05, 3.63) is 77.9 Å². The fourth-order valence-corrected chi connectivity index (χ4v) is 5.21. The normalized spacial score (nSPS) is 26.0. The molecule has 2 aliphatic carbocycles. The van der Waals surface area contributed by atoms with E-state index in [1.165, 1.54) is 44.1 Å². The van der Waals surface area contributed by atoms with E-state index >= 15 is 0 Å². The molecule has 0 aliphatic heterocycles. The zero-order chi connectivity index (χ0) is 22.0. The van der Waals surface area contributed by atoms with Gasteiger partial charge in [0.15, 0.2) is 0 Å². The fourth-order valence-electron chi connectivity index (χ4n) is 5.21. The van der Waals surface area contributed by atoms with Crippen molar-refractivity contribution in [2.24, 2.45) is 17.8 Å². The standard InChI is InChI=1S/C26H27F3O2/c1-2-17-3-4-22-16-21(10-9-20(22)15-17)18-5-7-19(8-6-18)25(30)31-24-13-11-23(12-14-24)26(27,28)29/h2,5-8,11-14,17,20-22H,1,3-4,9-10,15-16H2. The van der Waals surface area contributed by atoms with Crippen molar-refractivity contribution in [1.82, 2.24) is 0 Å². The van der Waals surface area contributed by atoms with E-state index < -0.39 is 17.7 Å². The van der Waals surface area contributed by atoms with Crippen molar-refractivity contribution < 1.29 is 22.7 Å². The van der Waals surface area contributed by atoms with Gasteiger partial charge in [0.2, 0.25) is 0 Å². The number of fused-ring (bicyclic) bond motifs is 1. The molecular weight excluding hydrogens is 401 g/mol. The minimum atomic E-state index is -4.41. The topological polar surface area (TPSA) is 26.3 Å². The van der Waals surface area contributed by atoms with Crippen LogP contribution in [-0.4, -0.2) is 5.97 Å². The summed E-state index contributed by atoms with van der Waals surface area (Å²) in [5, 5.41) is 0. The van der Waals surface area contributed by atoms with Crippen molar-refractivity contribution >= 4 is 5.97 Å². The fraction of sp³-hybridized carbons (Fsp3) is 0.423. The van der Waals surface area contributed by atoms with Crippen LogP contribution in [0.5, 0.6) is 5.75 Å². The first-order chi connectivity index (χ1) is 14.8. The summed E-state index contributed by atoms with van der Waals surface area (Å²) in [4.78, 5) is 12.4. The lowest BCUT2D eigenvalue weighted by atomic mass is 9.64. The monoisotopic (exact) mass is 428 g/mol. The van der Waals surface area contributed by atoms with E-state index in [1.807, 2.05) is 12.1 Å². The number of benzene rings is 2. The molecule has 0 spiro atoms. The maximum atomic E-state index is 12.7. The Morgan fingerprint density at radius 1 is 0.903 bits per heavy atom. The maximum absolute atomic E-state index is 12.7. The molecule has 164 valence electrons. The zero-order valence-electron chi connectivity index (χ0n) is 17.4. The number of rotatable bonds is 4. The number of hydrogen-bond donors (Lipinski definition) is 0. The van der Waals surface area contributed by atoms with Crippen molar-refractivity contribution in [1.29, 1.82) is 0 Å². The summed E-state index contributed by atoms with van der Waals surface area (Å²) in [6.45, 7) is 3.96. The molecule has 4 atom stereocenters. The highest BCUT2D eigenvalue weighted by atomic mass is 19.4. The first-order valence-electron chi connectivity index (χ1n) is 11.0. The molecule has 2 aromatic rings. The number of hydrogen-bond acceptors (Lipinski definition) is 2. The zero-order valence-corrected chi connectivity index (χ0v) is 17.4. The highest BCUT2D eigenvalue weighted by Gasteiger charge is 2.35. The lowest BCUT2D eigenvalue weighted by Crippen LogP contribution is -2.29. The molecule has 2 nitrogen and oxygen atoms in total. The summed E-state index contributed by atoms with van der Waals surface area (Å²) in [6, 6.07) is 11.6. The predicted octanol–water partition coefficient (Wildman–Crippen LogP) is 7.41. The number of alkyl halides is 3. The van der Waals surface area contributed by atoms with E-state index in [0.717, 1.165) is 36.1 Å². The number of allylic oxidation sites excluding steroid dienone is 1. The van der Waals surface area contributed by atoms with Gasteiger partial charge in [0.1, 0.15) is 5.75 Å². The molecule has 4 unspecified atom stereocenters. The van der Waals surface area contributed by atoms with Crippen LogP contribution >= 0.6 is 0 Å². The van der Waals surface area contributed by atoms with Gasteiger partial charge in [-0.3, -0.25) is 0 Å². The smallest absolute Gasteiger partial charge is 0.416 e.